The number of rotatable bonds is 7. The van der Waals surface area contributed by atoms with Gasteiger partial charge in [-0.3, -0.25) is 9.79 Å². The Morgan fingerprint density at radius 1 is 1.21 bits per heavy atom. The number of guanidine groups is 1. The molecule has 2 aliphatic heterocycles. The molecule has 0 spiro atoms. The number of hydrogen-bond donors (Lipinski definition) is 3. The van der Waals surface area contributed by atoms with E-state index in [-0.39, 0.29) is 35.8 Å². The molecule has 4 rings (SSSR count). The molecule has 2 atom stereocenters. The van der Waals surface area contributed by atoms with Gasteiger partial charge in [-0.15, -0.1) is 24.0 Å². The maximum atomic E-state index is 12.1. The fourth-order valence-electron chi connectivity index (χ4n) is 4.49. The van der Waals surface area contributed by atoms with Gasteiger partial charge in [0.15, 0.2) is 5.96 Å². The van der Waals surface area contributed by atoms with E-state index in [1.807, 2.05) is 30.3 Å². The number of nitrogens with zero attached hydrogens (tertiary/aromatic N) is 2. The maximum Gasteiger partial charge on any atom is 0.225 e. The molecular formula is C25H34IN5O2. The maximum absolute atomic E-state index is 12.1. The van der Waals surface area contributed by atoms with Gasteiger partial charge in [-0.1, -0.05) is 24.3 Å². The van der Waals surface area contributed by atoms with Crippen molar-refractivity contribution in [2.75, 3.05) is 50.1 Å². The van der Waals surface area contributed by atoms with Crippen LogP contribution in [0.1, 0.15) is 31.2 Å². The fraction of sp³-hybridized carbons (Fsp3) is 0.440. The molecule has 0 bridgehead atoms. The third-order valence-electron chi connectivity index (χ3n) is 6.18. The highest BCUT2D eigenvalue weighted by molar-refractivity contribution is 14.0. The lowest BCUT2D eigenvalue weighted by Gasteiger charge is -2.26. The topological polar surface area (TPSA) is 78.0 Å². The average Bonchev–Trinajstić information content (AvgIpc) is 3.30. The van der Waals surface area contributed by atoms with Crippen molar-refractivity contribution in [1.29, 1.82) is 0 Å². The lowest BCUT2D eigenvalue weighted by molar-refractivity contribution is -0.116. The zero-order valence-corrected chi connectivity index (χ0v) is 21.7. The van der Waals surface area contributed by atoms with Gasteiger partial charge in [-0.2, -0.15) is 0 Å². The molecular weight excluding hydrogens is 529 g/mol. The minimum absolute atomic E-state index is 0. The van der Waals surface area contributed by atoms with Gasteiger partial charge in [0.05, 0.1) is 7.11 Å². The molecule has 8 heteroatoms. The fourth-order valence-corrected chi connectivity index (χ4v) is 4.49. The summed E-state index contributed by atoms with van der Waals surface area (Å²) < 4.78 is 5.36. The number of amides is 1. The monoisotopic (exact) mass is 563 g/mol. The third kappa shape index (κ3) is 6.52. The van der Waals surface area contributed by atoms with Crippen LogP contribution in [0.4, 0.5) is 11.4 Å². The second-order valence-corrected chi connectivity index (χ2v) is 8.44. The molecule has 2 heterocycles. The molecule has 2 aliphatic rings. The van der Waals surface area contributed by atoms with Crippen molar-refractivity contribution in [2.45, 2.75) is 25.7 Å². The quantitative estimate of drug-likeness (QED) is 0.271. The molecule has 7 nitrogen and oxygen atoms in total. The molecule has 2 aromatic rings. The highest BCUT2D eigenvalue weighted by Gasteiger charge is 2.25. The number of hydrogen-bond acceptors (Lipinski definition) is 4. The molecule has 178 valence electrons. The van der Waals surface area contributed by atoms with Crippen molar-refractivity contribution in [1.82, 2.24) is 10.6 Å². The summed E-state index contributed by atoms with van der Waals surface area (Å²) in [6.45, 7) is 6.35. The second kappa shape index (κ2) is 12.1. The molecule has 3 N–H and O–H groups in total. The lowest BCUT2D eigenvalue weighted by atomic mass is 9.90. The van der Waals surface area contributed by atoms with E-state index in [9.17, 15) is 4.79 Å². The smallest absolute Gasteiger partial charge is 0.225 e. The molecule has 1 fully saturated rings. The summed E-state index contributed by atoms with van der Waals surface area (Å²) >= 11 is 0. The minimum Gasteiger partial charge on any atom is -0.497 e. The first kappa shape index (κ1) is 25.1. The Bertz CT molecular complexity index is 967. The molecule has 0 saturated carbocycles. The summed E-state index contributed by atoms with van der Waals surface area (Å²) in [6.07, 6.45) is 1.61. The first-order chi connectivity index (χ1) is 15.7. The van der Waals surface area contributed by atoms with Gasteiger partial charge in [0.25, 0.3) is 0 Å². The van der Waals surface area contributed by atoms with Crippen LogP contribution in [-0.2, 0) is 4.79 Å². The van der Waals surface area contributed by atoms with Gasteiger partial charge in [0, 0.05) is 62.5 Å². The second-order valence-electron chi connectivity index (χ2n) is 8.44. The van der Waals surface area contributed by atoms with E-state index in [0.717, 1.165) is 50.0 Å². The van der Waals surface area contributed by atoms with Crippen LogP contribution in [0, 0.1) is 5.92 Å². The summed E-state index contributed by atoms with van der Waals surface area (Å²) in [5, 5.41) is 9.77. The summed E-state index contributed by atoms with van der Waals surface area (Å²) in [5.41, 5.74) is 3.30. The van der Waals surface area contributed by atoms with Crippen molar-refractivity contribution in [3.8, 4) is 5.75 Å². The van der Waals surface area contributed by atoms with E-state index >= 15 is 0 Å². The van der Waals surface area contributed by atoms with E-state index < -0.39 is 0 Å². The first-order valence-corrected chi connectivity index (χ1v) is 11.5. The summed E-state index contributed by atoms with van der Waals surface area (Å²) in [7, 11) is 1.70. The van der Waals surface area contributed by atoms with Crippen LogP contribution in [0.5, 0.6) is 5.75 Å². The van der Waals surface area contributed by atoms with Crippen molar-refractivity contribution in [2.24, 2.45) is 10.9 Å². The van der Waals surface area contributed by atoms with Crippen molar-refractivity contribution >= 4 is 47.2 Å². The largest absolute Gasteiger partial charge is 0.497 e. The third-order valence-corrected chi connectivity index (χ3v) is 6.18. The SMILES string of the molecule is CCNC(=NCC1CCN(c2cccc(OC)c2)C1)NCC1CC(=O)Nc2ccccc21.I. The van der Waals surface area contributed by atoms with Crippen molar-refractivity contribution < 1.29 is 9.53 Å². The summed E-state index contributed by atoms with van der Waals surface area (Å²) in [6, 6.07) is 16.3. The van der Waals surface area contributed by atoms with Crippen LogP contribution in [-0.4, -0.2) is 51.7 Å². The minimum atomic E-state index is 0. The number of fused-ring (bicyclic) bond motifs is 1. The predicted molar refractivity (Wildman–Crippen MR) is 145 cm³/mol. The number of benzene rings is 2. The first-order valence-electron chi connectivity index (χ1n) is 11.5. The van der Waals surface area contributed by atoms with Gasteiger partial charge in [0.2, 0.25) is 5.91 Å². The summed E-state index contributed by atoms with van der Waals surface area (Å²) in [5.74, 6) is 2.43. The van der Waals surface area contributed by atoms with E-state index in [2.05, 4.69) is 46.0 Å². The summed E-state index contributed by atoms with van der Waals surface area (Å²) in [4.78, 5) is 19.4. The number of carbonyl (C=O) groups is 1. The number of methoxy groups -OCH3 is 1. The van der Waals surface area contributed by atoms with Gasteiger partial charge >= 0.3 is 0 Å². The van der Waals surface area contributed by atoms with Crippen LogP contribution < -0.4 is 25.6 Å². The predicted octanol–water partition coefficient (Wildman–Crippen LogP) is 3.82. The van der Waals surface area contributed by atoms with Crippen LogP contribution in [0.15, 0.2) is 53.5 Å². The van der Waals surface area contributed by atoms with Gasteiger partial charge in [-0.25, -0.2) is 0 Å². The highest BCUT2D eigenvalue weighted by Crippen LogP contribution is 2.31. The molecule has 0 radical (unpaired) electrons. The van der Waals surface area contributed by atoms with Crippen LogP contribution >= 0.6 is 24.0 Å². The van der Waals surface area contributed by atoms with E-state index in [1.165, 1.54) is 11.3 Å². The van der Waals surface area contributed by atoms with Crippen LogP contribution in [0.2, 0.25) is 0 Å². The molecule has 1 saturated heterocycles. The number of carbonyl (C=O) groups excluding carboxylic acids is 1. The Balaban J connectivity index is 0.00000306. The van der Waals surface area contributed by atoms with Gasteiger partial charge in [0.1, 0.15) is 5.75 Å². The molecule has 2 aromatic carbocycles. The number of aliphatic imine (C=N–C) groups is 1. The number of nitrogens with one attached hydrogen (secondary N) is 3. The number of halogens is 1. The lowest BCUT2D eigenvalue weighted by Crippen LogP contribution is -2.41. The Kier molecular flexibility index (Phi) is 9.22. The Labute approximate surface area is 213 Å². The van der Waals surface area contributed by atoms with Crippen molar-refractivity contribution in [3.63, 3.8) is 0 Å². The van der Waals surface area contributed by atoms with Gasteiger partial charge < -0.3 is 25.6 Å². The average molecular weight is 563 g/mol. The highest BCUT2D eigenvalue weighted by atomic mass is 127. The standard InChI is InChI=1S/C25H33N5O2.HI/c1-3-26-25(28-16-19-13-24(31)29-23-10-5-4-9-22(19)23)27-15-18-11-12-30(17-18)20-7-6-8-21(14-20)32-2;/h4-10,14,18-19H,3,11-13,15-17H2,1-2H3,(H,29,31)(H2,26,27,28);1H. The Morgan fingerprint density at radius 3 is 2.88 bits per heavy atom. The Morgan fingerprint density at radius 2 is 2.06 bits per heavy atom. The Hall–Kier alpha value is -2.49. The van der Waals surface area contributed by atoms with Gasteiger partial charge in [-0.05, 0) is 43.0 Å². The zero-order valence-electron chi connectivity index (χ0n) is 19.3. The molecule has 33 heavy (non-hydrogen) atoms. The molecule has 0 aromatic heterocycles. The number of ether oxygens (including phenoxy) is 1. The number of anilines is 2. The van der Waals surface area contributed by atoms with E-state index in [1.54, 1.807) is 7.11 Å². The van der Waals surface area contributed by atoms with E-state index in [0.29, 0.717) is 18.9 Å². The molecule has 2 unspecified atom stereocenters. The van der Waals surface area contributed by atoms with Crippen LogP contribution in [0.25, 0.3) is 0 Å². The molecule has 1 amide bonds. The normalized spacial score (nSPS) is 19.9. The van der Waals surface area contributed by atoms with Crippen molar-refractivity contribution in [3.05, 3.63) is 54.1 Å². The van der Waals surface area contributed by atoms with E-state index in [4.69, 9.17) is 9.73 Å². The zero-order chi connectivity index (χ0) is 22.3. The molecule has 0 aliphatic carbocycles. The van der Waals surface area contributed by atoms with Crippen LogP contribution in [0.3, 0.4) is 0 Å². The number of para-hydroxylation sites is 1.